The van der Waals surface area contributed by atoms with Gasteiger partial charge in [-0.25, -0.2) is 0 Å². The molecule has 2 saturated carbocycles. The first-order valence-corrected chi connectivity index (χ1v) is 12.0. The van der Waals surface area contributed by atoms with E-state index in [0.717, 1.165) is 57.4 Å². The van der Waals surface area contributed by atoms with E-state index in [2.05, 4.69) is 15.2 Å². The summed E-state index contributed by atoms with van der Waals surface area (Å²) < 4.78 is 0. The first kappa shape index (κ1) is 21.6. The van der Waals surface area contributed by atoms with Crippen molar-refractivity contribution in [2.75, 3.05) is 13.1 Å². The van der Waals surface area contributed by atoms with Crippen molar-refractivity contribution in [2.45, 2.75) is 56.8 Å². The second-order valence-corrected chi connectivity index (χ2v) is 10.0. The first-order chi connectivity index (χ1) is 15.5. The molecule has 3 aliphatic rings. The van der Waals surface area contributed by atoms with Gasteiger partial charge in [0.05, 0.1) is 11.9 Å². The zero-order valence-corrected chi connectivity index (χ0v) is 18.6. The van der Waals surface area contributed by atoms with Crippen LogP contribution in [0.5, 0.6) is 0 Å². The van der Waals surface area contributed by atoms with E-state index in [4.69, 9.17) is 5.73 Å². The van der Waals surface area contributed by atoms with Crippen LogP contribution in [0.3, 0.4) is 0 Å². The van der Waals surface area contributed by atoms with E-state index in [1.807, 2.05) is 54.7 Å². The van der Waals surface area contributed by atoms with Crippen LogP contribution in [0, 0.1) is 17.3 Å². The molecule has 4 N–H and O–H groups in total. The van der Waals surface area contributed by atoms with E-state index in [9.17, 15) is 9.90 Å². The average molecular weight is 435 g/mol. The van der Waals surface area contributed by atoms with Crippen LogP contribution in [-0.2, 0) is 16.9 Å². The molecule has 3 fully saturated rings. The lowest BCUT2D eigenvalue weighted by Crippen LogP contribution is -2.58. The van der Waals surface area contributed by atoms with Crippen LogP contribution >= 0.6 is 0 Å². The number of hydrogen-bond donors (Lipinski definition) is 3. The SMILES string of the molecule is NC(NC(=O)C(O)(c1ccccc1)C1CCCCC1)C12CC1CN(Cc1ccccn1)C2. The Morgan fingerprint density at radius 2 is 1.94 bits per heavy atom. The zero-order chi connectivity index (χ0) is 22.2. The van der Waals surface area contributed by atoms with Gasteiger partial charge < -0.3 is 16.2 Å². The number of pyridine rings is 1. The summed E-state index contributed by atoms with van der Waals surface area (Å²) in [5.41, 5.74) is 6.72. The van der Waals surface area contributed by atoms with Crippen LogP contribution in [0.2, 0.25) is 0 Å². The van der Waals surface area contributed by atoms with Crippen molar-refractivity contribution >= 4 is 5.91 Å². The maximum absolute atomic E-state index is 13.6. The fraction of sp³-hybridized carbons (Fsp3) is 0.538. The van der Waals surface area contributed by atoms with Crippen LogP contribution in [0.25, 0.3) is 0 Å². The van der Waals surface area contributed by atoms with E-state index in [0.29, 0.717) is 11.5 Å². The van der Waals surface area contributed by atoms with Gasteiger partial charge in [-0.3, -0.25) is 14.7 Å². The summed E-state index contributed by atoms with van der Waals surface area (Å²) >= 11 is 0. The van der Waals surface area contributed by atoms with Crippen molar-refractivity contribution < 1.29 is 9.90 Å². The number of nitrogens with one attached hydrogen (secondary N) is 1. The summed E-state index contributed by atoms with van der Waals surface area (Å²) in [7, 11) is 0. The number of likely N-dealkylation sites (tertiary alicyclic amines) is 1. The molecule has 0 bridgehead atoms. The van der Waals surface area contributed by atoms with Crippen LogP contribution < -0.4 is 11.1 Å². The summed E-state index contributed by atoms with van der Waals surface area (Å²) in [6.45, 7) is 2.63. The molecule has 1 saturated heterocycles. The minimum absolute atomic E-state index is 0.0809. The predicted octanol–water partition coefficient (Wildman–Crippen LogP) is 2.77. The molecule has 6 heteroatoms. The Bertz CT molecular complexity index is 933. The van der Waals surface area contributed by atoms with Crippen LogP contribution in [0.1, 0.15) is 49.8 Å². The zero-order valence-electron chi connectivity index (χ0n) is 18.6. The molecule has 4 atom stereocenters. The average Bonchev–Trinajstić information content (AvgIpc) is 3.42. The van der Waals surface area contributed by atoms with Gasteiger partial charge >= 0.3 is 0 Å². The molecule has 32 heavy (non-hydrogen) atoms. The number of benzene rings is 1. The molecule has 1 amide bonds. The van der Waals surface area contributed by atoms with Gasteiger partial charge in [0, 0.05) is 37.2 Å². The highest BCUT2D eigenvalue weighted by Gasteiger charge is 2.64. The Morgan fingerprint density at radius 1 is 1.19 bits per heavy atom. The Hall–Kier alpha value is -2.28. The molecule has 1 aromatic carbocycles. The summed E-state index contributed by atoms with van der Waals surface area (Å²) in [5.74, 6) is 0.0647. The number of aliphatic hydroxyl groups is 1. The van der Waals surface area contributed by atoms with Crippen molar-refractivity contribution in [3.05, 3.63) is 66.0 Å². The number of carbonyl (C=O) groups is 1. The molecule has 6 nitrogen and oxygen atoms in total. The number of nitrogens with zero attached hydrogens (tertiary/aromatic N) is 2. The van der Waals surface area contributed by atoms with Crippen LogP contribution in [-0.4, -0.2) is 40.2 Å². The third-order valence-corrected chi connectivity index (χ3v) is 8.05. The van der Waals surface area contributed by atoms with Crippen LogP contribution in [0.4, 0.5) is 0 Å². The fourth-order valence-electron chi connectivity index (χ4n) is 6.11. The number of aromatic nitrogens is 1. The van der Waals surface area contributed by atoms with Crippen molar-refractivity contribution in [1.29, 1.82) is 0 Å². The summed E-state index contributed by atoms with van der Waals surface area (Å²) in [4.78, 5) is 20.4. The highest BCUT2D eigenvalue weighted by molar-refractivity contribution is 5.87. The highest BCUT2D eigenvalue weighted by atomic mass is 16.3. The molecule has 2 aliphatic carbocycles. The minimum atomic E-state index is -1.54. The lowest BCUT2D eigenvalue weighted by atomic mass is 9.72. The maximum atomic E-state index is 13.6. The van der Waals surface area contributed by atoms with E-state index in [1.165, 1.54) is 6.42 Å². The summed E-state index contributed by atoms with van der Waals surface area (Å²) in [6.07, 6.45) is 7.37. The van der Waals surface area contributed by atoms with Gasteiger partial charge in [0.2, 0.25) is 0 Å². The topological polar surface area (TPSA) is 91.5 Å². The van der Waals surface area contributed by atoms with E-state index < -0.39 is 11.8 Å². The normalized spacial score (nSPS) is 28.5. The molecule has 2 aromatic rings. The molecule has 4 unspecified atom stereocenters. The maximum Gasteiger partial charge on any atom is 0.258 e. The standard InChI is InChI=1S/C26H34N4O2/c27-23(25-15-21(25)16-30(18-25)17-22-13-7-8-14-28-22)29-24(31)26(32,19-9-3-1-4-10-19)20-11-5-2-6-12-20/h1,3-4,7-10,13-14,20-21,23,32H,2,5-6,11-12,15-18,27H2,(H,29,31). The lowest BCUT2D eigenvalue weighted by Gasteiger charge is -2.39. The molecule has 1 aromatic heterocycles. The third kappa shape index (κ3) is 3.85. The number of fused-ring (bicyclic) bond motifs is 1. The molecule has 0 radical (unpaired) electrons. The van der Waals surface area contributed by atoms with Crippen molar-refractivity contribution in [3.8, 4) is 0 Å². The van der Waals surface area contributed by atoms with Crippen LogP contribution in [0.15, 0.2) is 54.7 Å². The van der Waals surface area contributed by atoms with E-state index in [-0.39, 0.29) is 17.2 Å². The Balaban J connectivity index is 1.30. The van der Waals surface area contributed by atoms with Gasteiger partial charge in [-0.05, 0) is 42.9 Å². The molecular weight excluding hydrogens is 400 g/mol. The largest absolute Gasteiger partial charge is 0.375 e. The predicted molar refractivity (Wildman–Crippen MR) is 123 cm³/mol. The monoisotopic (exact) mass is 434 g/mol. The number of hydrogen-bond acceptors (Lipinski definition) is 5. The molecule has 1 aliphatic heterocycles. The van der Waals surface area contributed by atoms with Gasteiger partial charge in [-0.2, -0.15) is 0 Å². The number of piperidine rings is 1. The molecule has 2 heterocycles. The van der Waals surface area contributed by atoms with Crippen molar-refractivity contribution in [3.63, 3.8) is 0 Å². The second-order valence-electron chi connectivity index (χ2n) is 10.0. The van der Waals surface area contributed by atoms with Gasteiger partial charge in [0.15, 0.2) is 5.60 Å². The van der Waals surface area contributed by atoms with Gasteiger partial charge in [0.1, 0.15) is 0 Å². The molecular formula is C26H34N4O2. The van der Waals surface area contributed by atoms with Crippen molar-refractivity contribution in [1.82, 2.24) is 15.2 Å². The molecule has 170 valence electrons. The lowest BCUT2D eigenvalue weighted by molar-refractivity contribution is -0.150. The number of carbonyl (C=O) groups excluding carboxylic acids is 1. The highest BCUT2D eigenvalue weighted by Crippen LogP contribution is 2.59. The van der Waals surface area contributed by atoms with Gasteiger partial charge in [0.25, 0.3) is 5.91 Å². The van der Waals surface area contributed by atoms with E-state index >= 15 is 0 Å². The summed E-state index contributed by atoms with van der Waals surface area (Å²) in [5, 5.41) is 14.9. The molecule has 0 spiro atoms. The Morgan fingerprint density at radius 3 is 2.66 bits per heavy atom. The summed E-state index contributed by atoms with van der Waals surface area (Å²) in [6, 6.07) is 15.4. The fourth-order valence-corrected chi connectivity index (χ4v) is 6.11. The van der Waals surface area contributed by atoms with Gasteiger partial charge in [-0.1, -0.05) is 55.7 Å². The Labute approximate surface area is 190 Å². The van der Waals surface area contributed by atoms with Gasteiger partial charge in [-0.15, -0.1) is 0 Å². The minimum Gasteiger partial charge on any atom is -0.375 e. The van der Waals surface area contributed by atoms with Crippen molar-refractivity contribution in [2.24, 2.45) is 23.0 Å². The number of amides is 1. The quantitative estimate of drug-likeness (QED) is 0.583. The number of rotatable bonds is 7. The Kier molecular flexibility index (Phi) is 5.78. The first-order valence-electron chi connectivity index (χ1n) is 12.0. The third-order valence-electron chi connectivity index (χ3n) is 8.05. The van der Waals surface area contributed by atoms with E-state index in [1.54, 1.807) is 0 Å². The smallest absolute Gasteiger partial charge is 0.258 e. The second kappa shape index (κ2) is 8.58. The number of nitrogens with two attached hydrogens (primary N) is 1. The molecule has 5 rings (SSSR count).